The topological polar surface area (TPSA) is 90.7 Å². The number of aromatic nitrogens is 2. The molecule has 0 saturated carbocycles. The van der Waals surface area contributed by atoms with Crippen LogP contribution in [0, 0.1) is 5.82 Å². The molecule has 196 valence electrons. The number of allylic oxidation sites excluding steroid dienone is 1. The first-order chi connectivity index (χ1) is 17.7. The number of pyridine rings is 2. The van der Waals surface area contributed by atoms with E-state index in [2.05, 4.69) is 27.1 Å². The maximum absolute atomic E-state index is 13.4. The number of likely N-dealkylation sites (N-methyl/N-ethyl adjacent to an activating group) is 1. The monoisotopic (exact) mass is 507 g/mol. The number of nitrogens with zero attached hydrogens (tertiary/aromatic N) is 4. The van der Waals surface area contributed by atoms with Crippen LogP contribution >= 0.6 is 0 Å². The average Bonchev–Trinajstić information content (AvgIpc) is 2.87. The summed E-state index contributed by atoms with van der Waals surface area (Å²) in [6, 6.07) is 7.94. The van der Waals surface area contributed by atoms with Gasteiger partial charge in [-0.1, -0.05) is 17.7 Å². The van der Waals surface area contributed by atoms with E-state index in [0.29, 0.717) is 18.5 Å². The molecular weight excluding hydrogens is 473 g/mol. The Hall–Kier alpha value is -3.56. The van der Waals surface area contributed by atoms with Crippen molar-refractivity contribution in [2.75, 3.05) is 46.3 Å². The fourth-order valence-corrected chi connectivity index (χ4v) is 4.50. The Morgan fingerprint density at radius 2 is 1.84 bits per heavy atom. The van der Waals surface area contributed by atoms with Crippen molar-refractivity contribution < 1.29 is 14.3 Å². The van der Waals surface area contributed by atoms with Crippen LogP contribution in [0.15, 0.2) is 46.9 Å². The van der Waals surface area contributed by atoms with E-state index in [1.54, 1.807) is 30.6 Å². The number of hydrogen-bond donors (Lipinski definition) is 2. The molecule has 1 aliphatic rings. The van der Waals surface area contributed by atoms with Gasteiger partial charge in [-0.05, 0) is 69.6 Å². The molecule has 3 heterocycles. The van der Waals surface area contributed by atoms with E-state index < -0.39 is 17.2 Å². The largest absolute Gasteiger partial charge is 0.505 e. The number of benzene rings is 1. The second-order valence-corrected chi connectivity index (χ2v) is 9.87. The third kappa shape index (κ3) is 6.42. The van der Waals surface area contributed by atoms with Crippen LogP contribution in [0.4, 0.5) is 4.39 Å². The van der Waals surface area contributed by atoms with Crippen molar-refractivity contribution >= 4 is 23.1 Å². The Kier molecular flexibility index (Phi) is 8.35. The van der Waals surface area contributed by atoms with Crippen LogP contribution in [0.25, 0.3) is 17.2 Å². The van der Waals surface area contributed by atoms with E-state index in [4.69, 9.17) is 0 Å². The molecular formula is C28H34FN5O3. The van der Waals surface area contributed by atoms with Crippen LogP contribution in [0.2, 0.25) is 0 Å². The molecule has 8 nitrogen and oxygen atoms in total. The van der Waals surface area contributed by atoms with E-state index in [0.717, 1.165) is 55.8 Å². The van der Waals surface area contributed by atoms with Gasteiger partial charge >= 0.3 is 0 Å². The number of carbonyl (C=O) groups is 1. The SMILES string of the molecule is CC(C)=Cn1c(=O)c(C(=O)NCCCN2CCN(C)CC2)c(O)c2ncc(Cc3ccc(F)cc3)cc21. The molecule has 0 spiro atoms. The molecule has 0 atom stereocenters. The fraction of sp³-hybridized carbons (Fsp3) is 0.393. The number of amides is 1. The standard InChI is InChI=1S/C28H34FN5O3/c1-19(2)18-34-23-16-21(15-20-5-7-22(29)8-6-20)17-31-25(23)26(35)24(28(34)37)27(36)30-9-4-10-33-13-11-32(3)12-14-33/h5-8,16-18,35H,4,9-15H2,1-3H3,(H,30,36). The average molecular weight is 508 g/mol. The lowest BCUT2D eigenvalue weighted by molar-refractivity contribution is 0.0945. The normalized spacial score (nSPS) is 14.6. The minimum Gasteiger partial charge on any atom is -0.505 e. The van der Waals surface area contributed by atoms with Crippen LogP contribution < -0.4 is 10.9 Å². The first-order valence-electron chi connectivity index (χ1n) is 12.6. The lowest BCUT2D eigenvalue weighted by Crippen LogP contribution is -2.45. The molecule has 0 unspecified atom stereocenters. The number of halogens is 1. The summed E-state index contributed by atoms with van der Waals surface area (Å²) in [5.74, 6) is -1.35. The van der Waals surface area contributed by atoms with Gasteiger partial charge in [0.15, 0.2) is 5.75 Å². The Morgan fingerprint density at radius 3 is 2.51 bits per heavy atom. The predicted molar refractivity (Wildman–Crippen MR) is 143 cm³/mol. The highest BCUT2D eigenvalue weighted by Crippen LogP contribution is 2.26. The highest BCUT2D eigenvalue weighted by molar-refractivity contribution is 6.01. The van der Waals surface area contributed by atoms with Gasteiger partial charge in [0.05, 0.1) is 5.52 Å². The van der Waals surface area contributed by atoms with E-state index in [9.17, 15) is 19.1 Å². The van der Waals surface area contributed by atoms with Gasteiger partial charge in [-0.2, -0.15) is 0 Å². The number of rotatable bonds is 8. The molecule has 1 amide bonds. The third-order valence-electron chi connectivity index (χ3n) is 6.55. The zero-order valence-electron chi connectivity index (χ0n) is 21.6. The first-order valence-corrected chi connectivity index (χ1v) is 12.6. The maximum Gasteiger partial charge on any atom is 0.271 e. The quantitative estimate of drug-likeness (QED) is 0.456. The fourth-order valence-electron chi connectivity index (χ4n) is 4.50. The maximum atomic E-state index is 13.4. The summed E-state index contributed by atoms with van der Waals surface area (Å²) in [6.07, 6.45) is 4.46. The summed E-state index contributed by atoms with van der Waals surface area (Å²) in [4.78, 5) is 35.5. The molecule has 2 N–H and O–H groups in total. The number of nitrogens with one attached hydrogen (secondary N) is 1. The van der Waals surface area contributed by atoms with Crippen molar-refractivity contribution in [1.29, 1.82) is 0 Å². The molecule has 9 heteroatoms. The highest BCUT2D eigenvalue weighted by Gasteiger charge is 2.23. The zero-order chi connectivity index (χ0) is 26.5. The van der Waals surface area contributed by atoms with Gasteiger partial charge in [0.1, 0.15) is 16.9 Å². The summed E-state index contributed by atoms with van der Waals surface area (Å²) in [5, 5.41) is 13.7. The van der Waals surface area contributed by atoms with Crippen molar-refractivity contribution in [2.24, 2.45) is 0 Å². The summed E-state index contributed by atoms with van der Waals surface area (Å²) in [6.45, 7) is 9.00. The Labute approximate surface area is 216 Å². The van der Waals surface area contributed by atoms with E-state index in [1.165, 1.54) is 16.7 Å². The van der Waals surface area contributed by atoms with Crippen LogP contribution in [-0.4, -0.2) is 76.7 Å². The lowest BCUT2D eigenvalue weighted by atomic mass is 10.1. The van der Waals surface area contributed by atoms with Gasteiger partial charge in [0, 0.05) is 45.1 Å². The van der Waals surface area contributed by atoms with Crippen molar-refractivity contribution in [1.82, 2.24) is 24.7 Å². The second-order valence-electron chi connectivity index (χ2n) is 9.87. The molecule has 0 radical (unpaired) electrons. The van der Waals surface area contributed by atoms with Gasteiger partial charge in [0.25, 0.3) is 11.5 Å². The van der Waals surface area contributed by atoms with Crippen LogP contribution in [0.5, 0.6) is 5.75 Å². The van der Waals surface area contributed by atoms with Gasteiger partial charge in [-0.25, -0.2) is 4.39 Å². The van der Waals surface area contributed by atoms with Crippen molar-refractivity contribution in [3.8, 4) is 5.75 Å². The smallest absolute Gasteiger partial charge is 0.271 e. The van der Waals surface area contributed by atoms with Crippen molar-refractivity contribution in [2.45, 2.75) is 26.7 Å². The van der Waals surface area contributed by atoms with Gasteiger partial charge < -0.3 is 20.2 Å². The van der Waals surface area contributed by atoms with Gasteiger partial charge in [-0.15, -0.1) is 0 Å². The summed E-state index contributed by atoms with van der Waals surface area (Å²) < 4.78 is 14.6. The number of hydrogen-bond acceptors (Lipinski definition) is 6. The number of carbonyl (C=O) groups excluding carboxylic acids is 1. The number of fused-ring (bicyclic) bond motifs is 1. The molecule has 1 aromatic carbocycles. The van der Waals surface area contributed by atoms with Crippen LogP contribution in [0.3, 0.4) is 0 Å². The van der Waals surface area contributed by atoms with E-state index >= 15 is 0 Å². The molecule has 1 fully saturated rings. The summed E-state index contributed by atoms with van der Waals surface area (Å²) in [7, 11) is 2.11. The van der Waals surface area contributed by atoms with Crippen LogP contribution in [-0.2, 0) is 6.42 Å². The molecule has 1 saturated heterocycles. The van der Waals surface area contributed by atoms with Crippen molar-refractivity contribution in [3.05, 3.63) is 75.0 Å². The minimum atomic E-state index is -0.615. The molecule has 3 aromatic rings. The molecule has 4 rings (SSSR count). The summed E-state index contributed by atoms with van der Waals surface area (Å²) in [5.41, 5.74) is 2.16. The lowest BCUT2D eigenvalue weighted by Gasteiger charge is -2.32. The minimum absolute atomic E-state index is 0.169. The molecule has 2 aromatic heterocycles. The first kappa shape index (κ1) is 26.5. The highest BCUT2D eigenvalue weighted by atomic mass is 19.1. The molecule has 0 aliphatic carbocycles. The molecule has 0 bridgehead atoms. The van der Waals surface area contributed by atoms with E-state index in [-0.39, 0.29) is 16.9 Å². The molecule has 1 aliphatic heterocycles. The second kappa shape index (κ2) is 11.7. The Morgan fingerprint density at radius 1 is 1.14 bits per heavy atom. The Bertz CT molecular complexity index is 1350. The van der Waals surface area contributed by atoms with Gasteiger partial charge in [0.2, 0.25) is 0 Å². The zero-order valence-corrected chi connectivity index (χ0v) is 21.6. The molecule has 37 heavy (non-hydrogen) atoms. The third-order valence-corrected chi connectivity index (χ3v) is 6.55. The van der Waals surface area contributed by atoms with E-state index in [1.807, 2.05) is 13.8 Å². The Balaban J connectivity index is 1.57. The van der Waals surface area contributed by atoms with Crippen molar-refractivity contribution in [3.63, 3.8) is 0 Å². The number of piperazine rings is 1. The van der Waals surface area contributed by atoms with Gasteiger partial charge in [-0.3, -0.25) is 19.1 Å². The summed E-state index contributed by atoms with van der Waals surface area (Å²) >= 11 is 0. The number of aromatic hydroxyl groups is 1. The van der Waals surface area contributed by atoms with Crippen LogP contribution in [0.1, 0.15) is 41.8 Å². The predicted octanol–water partition coefficient (Wildman–Crippen LogP) is 3.08.